The molecule has 0 saturated heterocycles. The maximum Gasteiger partial charge on any atom is 0.133 e. The van der Waals surface area contributed by atoms with Gasteiger partial charge in [0.1, 0.15) is 5.78 Å². The van der Waals surface area contributed by atoms with Gasteiger partial charge in [-0.15, -0.1) is 0 Å². The molecule has 0 aromatic rings. The van der Waals surface area contributed by atoms with Crippen molar-refractivity contribution >= 4 is 5.78 Å². The van der Waals surface area contributed by atoms with Gasteiger partial charge < -0.3 is 5.32 Å². The maximum absolute atomic E-state index is 11.1. The minimum absolute atomic E-state index is 0.456. The van der Waals surface area contributed by atoms with Gasteiger partial charge in [0.15, 0.2) is 0 Å². The minimum atomic E-state index is 0.456. The van der Waals surface area contributed by atoms with E-state index in [0.717, 1.165) is 32.2 Å². The highest BCUT2D eigenvalue weighted by molar-refractivity contribution is 5.79. The topological polar surface area (TPSA) is 29.1 Å². The van der Waals surface area contributed by atoms with Gasteiger partial charge in [-0.25, -0.2) is 0 Å². The van der Waals surface area contributed by atoms with Crippen LogP contribution in [0.1, 0.15) is 71.1 Å². The molecule has 0 bridgehead atoms. The first-order chi connectivity index (χ1) is 7.83. The molecule has 2 heteroatoms. The average molecular weight is 225 g/mol. The highest BCUT2D eigenvalue weighted by Gasteiger charge is 2.17. The first-order valence-electron chi connectivity index (χ1n) is 7.08. The van der Waals surface area contributed by atoms with Gasteiger partial charge in [0.25, 0.3) is 0 Å². The summed E-state index contributed by atoms with van der Waals surface area (Å²) in [6, 6.07) is 0.619. The number of carbonyl (C=O) groups is 1. The van der Waals surface area contributed by atoms with Crippen molar-refractivity contribution in [1.29, 1.82) is 0 Å². The summed E-state index contributed by atoms with van der Waals surface area (Å²) in [6.07, 6.45) is 11.9. The Morgan fingerprint density at radius 1 is 1.06 bits per heavy atom. The number of carbonyl (C=O) groups excluding carboxylic acids is 1. The summed E-state index contributed by atoms with van der Waals surface area (Å²) < 4.78 is 0. The molecular formula is C14H27NO. The Kier molecular flexibility index (Phi) is 7.48. The molecule has 1 aliphatic rings. The lowest BCUT2D eigenvalue weighted by Crippen LogP contribution is -2.33. The Bertz CT molecular complexity index is 181. The third-order valence-electron chi connectivity index (χ3n) is 3.51. The summed E-state index contributed by atoms with van der Waals surface area (Å²) >= 11 is 0. The van der Waals surface area contributed by atoms with Crippen LogP contribution in [0.15, 0.2) is 0 Å². The van der Waals surface area contributed by atoms with E-state index >= 15 is 0 Å². The molecule has 1 fully saturated rings. The number of rotatable bonds is 8. The number of ketones is 1. The van der Waals surface area contributed by atoms with Crippen LogP contribution in [0.3, 0.4) is 0 Å². The van der Waals surface area contributed by atoms with Crippen molar-refractivity contribution in [3.8, 4) is 0 Å². The Morgan fingerprint density at radius 3 is 2.38 bits per heavy atom. The molecule has 0 aromatic heterocycles. The van der Waals surface area contributed by atoms with Crippen LogP contribution in [-0.4, -0.2) is 18.4 Å². The van der Waals surface area contributed by atoms with Crippen LogP contribution in [-0.2, 0) is 4.79 Å². The smallest absolute Gasteiger partial charge is 0.133 e. The Labute approximate surface area is 100 Å². The van der Waals surface area contributed by atoms with Crippen LogP contribution in [0.4, 0.5) is 0 Å². The fourth-order valence-electron chi connectivity index (χ4n) is 2.36. The third kappa shape index (κ3) is 6.26. The highest BCUT2D eigenvalue weighted by atomic mass is 16.1. The van der Waals surface area contributed by atoms with Crippen LogP contribution in [0.2, 0.25) is 0 Å². The van der Waals surface area contributed by atoms with Crippen molar-refractivity contribution in [3.63, 3.8) is 0 Å². The van der Waals surface area contributed by atoms with Gasteiger partial charge in [-0.2, -0.15) is 0 Å². The molecule has 0 heterocycles. The summed E-state index contributed by atoms with van der Waals surface area (Å²) in [4.78, 5) is 11.1. The molecule has 1 rings (SSSR count). The first kappa shape index (κ1) is 13.7. The second kappa shape index (κ2) is 8.74. The maximum atomic E-state index is 11.1. The van der Waals surface area contributed by atoms with E-state index in [2.05, 4.69) is 12.2 Å². The van der Waals surface area contributed by atoms with Crippen molar-refractivity contribution in [1.82, 2.24) is 5.32 Å². The van der Waals surface area contributed by atoms with Gasteiger partial charge in [0.2, 0.25) is 0 Å². The molecule has 0 radical (unpaired) electrons. The number of hydrogen-bond acceptors (Lipinski definition) is 2. The summed E-state index contributed by atoms with van der Waals surface area (Å²) in [5, 5.41) is 3.58. The van der Waals surface area contributed by atoms with Crippen molar-refractivity contribution in [2.75, 3.05) is 6.54 Å². The lowest BCUT2D eigenvalue weighted by Gasteiger charge is -2.22. The lowest BCUT2D eigenvalue weighted by atomic mass is 9.94. The Morgan fingerprint density at radius 2 is 1.69 bits per heavy atom. The largest absolute Gasteiger partial charge is 0.314 e. The predicted octanol–water partition coefficient (Wildman–Crippen LogP) is 3.45. The molecule has 0 aromatic carbocycles. The van der Waals surface area contributed by atoms with Gasteiger partial charge >= 0.3 is 0 Å². The zero-order valence-corrected chi connectivity index (χ0v) is 10.8. The van der Waals surface area contributed by atoms with Crippen LogP contribution < -0.4 is 5.32 Å². The van der Waals surface area contributed by atoms with E-state index in [9.17, 15) is 4.79 Å². The van der Waals surface area contributed by atoms with Crippen LogP contribution >= 0.6 is 0 Å². The molecule has 2 nitrogen and oxygen atoms in total. The van der Waals surface area contributed by atoms with E-state index in [1.54, 1.807) is 0 Å². The number of Topliss-reactive ketones (excluding diaryl/α,β-unsaturated/α-hetero) is 1. The zero-order chi connectivity index (χ0) is 11.6. The molecule has 16 heavy (non-hydrogen) atoms. The molecule has 94 valence electrons. The van der Waals surface area contributed by atoms with E-state index in [4.69, 9.17) is 0 Å². The van der Waals surface area contributed by atoms with Gasteiger partial charge in [0, 0.05) is 18.9 Å². The monoisotopic (exact) mass is 225 g/mol. The fourth-order valence-corrected chi connectivity index (χ4v) is 2.36. The molecule has 1 saturated carbocycles. The SMILES string of the molecule is CCCCCCCCNC1CCC(=O)CC1. The van der Waals surface area contributed by atoms with Crippen LogP contribution in [0.5, 0.6) is 0 Å². The van der Waals surface area contributed by atoms with Crippen LogP contribution in [0.25, 0.3) is 0 Å². The van der Waals surface area contributed by atoms with Crippen LogP contribution in [0, 0.1) is 0 Å². The quantitative estimate of drug-likeness (QED) is 0.641. The van der Waals surface area contributed by atoms with E-state index in [-0.39, 0.29) is 0 Å². The molecule has 1 N–H and O–H groups in total. The third-order valence-corrected chi connectivity index (χ3v) is 3.51. The minimum Gasteiger partial charge on any atom is -0.314 e. The summed E-state index contributed by atoms with van der Waals surface area (Å²) in [6.45, 7) is 3.40. The van der Waals surface area contributed by atoms with Gasteiger partial charge in [0.05, 0.1) is 0 Å². The number of hydrogen-bond donors (Lipinski definition) is 1. The average Bonchev–Trinajstić information content (AvgIpc) is 2.30. The molecule has 1 aliphatic carbocycles. The zero-order valence-electron chi connectivity index (χ0n) is 10.8. The lowest BCUT2D eigenvalue weighted by molar-refractivity contribution is -0.120. The van der Waals surface area contributed by atoms with E-state index in [1.807, 2.05) is 0 Å². The standard InChI is InChI=1S/C14H27NO/c1-2-3-4-5-6-7-12-15-13-8-10-14(16)11-9-13/h13,15H,2-12H2,1H3. The normalized spacial score (nSPS) is 17.9. The predicted molar refractivity (Wildman–Crippen MR) is 68.6 cm³/mol. The van der Waals surface area contributed by atoms with Crippen molar-refractivity contribution in [2.24, 2.45) is 0 Å². The van der Waals surface area contributed by atoms with E-state index < -0.39 is 0 Å². The molecule has 0 amide bonds. The Hall–Kier alpha value is -0.370. The van der Waals surface area contributed by atoms with Crippen molar-refractivity contribution < 1.29 is 4.79 Å². The molecule has 0 unspecified atom stereocenters. The second-order valence-corrected chi connectivity index (χ2v) is 5.03. The molecule has 0 aliphatic heterocycles. The second-order valence-electron chi connectivity index (χ2n) is 5.03. The van der Waals surface area contributed by atoms with E-state index in [0.29, 0.717) is 11.8 Å². The van der Waals surface area contributed by atoms with Crippen molar-refractivity contribution in [2.45, 2.75) is 77.2 Å². The number of unbranched alkanes of at least 4 members (excludes halogenated alkanes) is 5. The highest BCUT2D eigenvalue weighted by Crippen LogP contribution is 2.14. The van der Waals surface area contributed by atoms with Gasteiger partial charge in [-0.05, 0) is 25.8 Å². The first-order valence-corrected chi connectivity index (χ1v) is 7.08. The fraction of sp³-hybridized carbons (Fsp3) is 0.929. The number of nitrogens with one attached hydrogen (secondary N) is 1. The summed E-state index contributed by atoms with van der Waals surface area (Å²) in [5.41, 5.74) is 0. The summed E-state index contributed by atoms with van der Waals surface area (Å²) in [5.74, 6) is 0.456. The summed E-state index contributed by atoms with van der Waals surface area (Å²) in [7, 11) is 0. The molecular weight excluding hydrogens is 198 g/mol. The van der Waals surface area contributed by atoms with Gasteiger partial charge in [-0.1, -0.05) is 39.0 Å². The Balaban J connectivity index is 1.85. The van der Waals surface area contributed by atoms with Gasteiger partial charge in [-0.3, -0.25) is 4.79 Å². The molecule has 0 atom stereocenters. The molecule has 0 spiro atoms. The van der Waals surface area contributed by atoms with Crippen molar-refractivity contribution in [3.05, 3.63) is 0 Å². The van der Waals surface area contributed by atoms with E-state index in [1.165, 1.54) is 38.5 Å².